The van der Waals surface area contributed by atoms with Gasteiger partial charge in [-0.25, -0.2) is 0 Å². The summed E-state index contributed by atoms with van der Waals surface area (Å²) < 4.78 is 5.43. The van der Waals surface area contributed by atoms with Crippen LogP contribution in [0.3, 0.4) is 0 Å². The first-order valence-corrected chi connectivity index (χ1v) is 8.57. The van der Waals surface area contributed by atoms with E-state index >= 15 is 0 Å². The Morgan fingerprint density at radius 2 is 2.13 bits per heavy atom. The Bertz CT molecular complexity index is 700. The zero-order valence-electron chi connectivity index (χ0n) is 12.8. The normalized spacial score (nSPS) is 15.1. The number of hydrogen-bond donors (Lipinski definition) is 0. The van der Waals surface area contributed by atoms with Crippen molar-refractivity contribution in [1.29, 1.82) is 5.26 Å². The maximum Gasteiger partial charge on any atom is 0.254 e. The van der Waals surface area contributed by atoms with E-state index in [-0.39, 0.29) is 11.9 Å². The molecule has 1 aromatic carbocycles. The van der Waals surface area contributed by atoms with Gasteiger partial charge >= 0.3 is 0 Å². The number of thiophene rings is 1. The van der Waals surface area contributed by atoms with E-state index in [1.165, 1.54) is 4.88 Å². The number of carbonyl (C=O) groups is 1. The van der Waals surface area contributed by atoms with E-state index in [0.717, 1.165) is 12.8 Å². The Hall–Kier alpha value is -2.16. The molecule has 118 valence electrons. The second-order valence-corrected chi connectivity index (χ2v) is 6.58. The average Bonchev–Trinajstić information content (AvgIpc) is 3.13. The van der Waals surface area contributed by atoms with Crippen molar-refractivity contribution < 1.29 is 9.53 Å². The fourth-order valence-corrected chi connectivity index (χ4v) is 3.52. The van der Waals surface area contributed by atoms with Gasteiger partial charge < -0.3 is 9.64 Å². The van der Waals surface area contributed by atoms with Crippen LogP contribution >= 0.6 is 11.3 Å². The third-order valence-electron chi connectivity index (χ3n) is 4.04. The number of hydrogen-bond acceptors (Lipinski definition) is 4. The number of amides is 1. The summed E-state index contributed by atoms with van der Waals surface area (Å²) in [5, 5.41) is 11.1. The van der Waals surface area contributed by atoms with Gasteiger partial charge in [-0.1, -0.05) is 12.1 Å². The predicted octanol–water partition coefficient (Wildman–Crippen LogP) is 3.44. The van der Waals surface area contributed by atoms with Crippen molar-refractivity contribution in [3.63, 3.8) is 0 Å². The van der Waals surface area contributed by atoms with Gasteiger partial charge in [0.2, 0.25) is 0 Å². The average molecular weight is 326 g/mol. The largest absolute Gasteiger partial charge is 0.381 e. The summed E-state index contributed by atoms with van der Waals surface area (Å²) >= 11 is 1.66. The van der Waals surface area contributed by atoms with Crippen LogP contribution in [-0.4, -0.2) is 30.1 Å². The Labute approximate surface area is 139 Å². The molecule has 0 saturated carbocycles. The Kier molecular flexibility index (Phi) is 5.06. The SMILES string of the molecule is N#Cc1cccc(C(=O)N(Cc2cccs2)C2CCOCC2)c1. The maximum absolute atomic E-state index is 13.0. The third-order valence-corrected chi connectivity index (χ3v) is 4.90. The molecule has 1 saturated heterocycles. The summed E-state index contributed by atoms with van der Waals surface area (Å²) in [6.45, 7) is 1.99. The number of ether oxygens (including phenoxy) is 1. The minimum absolute atomic E-state index is 0.0117. The van der Waals surface area contributed by atoms with Gasteiger partial charge in [0.05, 0.1) is 18.2 Å². The van der Waals surface area contributed by atoms with Gasteiger partial charge in [0.15, 0.2) is 0 Å². The monoisotopic (exact) mass is 326 g/mol. The lowest BCUT2D eigenvalue weighted by Gasteiger charge is -2.34. The molecule has 0 atom stereocenters. The fraction of sp³-hybridized carbons (Fsp3) is 0.333. The number of carbonyl (C=O) groups excluding carboxylic acids is 1. The summed E-state index contributed by atoms with van der Waals surface area (Å²) in [4.78, 5) is 16.1. The molecule has 23 heavy (non-hydrogen) atoms. The van der Waals surface area contributed by atoms with Crippen LogP contribution in [0.2, 0.25) is 0 Å². The first-order chi connectivity index (χ1) is 11.3. The van der Waals surface area contributed by atoms with Crippen LogP contribution in [0.4, 0.5) is 0 Å². The van der Waals surface area contributed by atoms with Gasteiger partial charge in [0, 0.05) is 29.7 Å². The van der Waals surface area contributed by atoms with E-state index in [1.807, 2.05) is 16.3 Å². The second-order valence-electron chi connectivity index (χ2n) is 5.55. The molecule has 0 aliphatic carbocycles. The molecule has 5 heteroatoms. The summed E-state index contributed by atoms with van der Waals surface area (Å²) in [6.07, 6.45) is 1.71. The Morgan fingerprint density at radius 3 is 2.83 bits per heavy atom. The zero-order chi connectivity index (χ0) is 16.1. The van der Waals surface area contributed by atoms with Crippen LogP contribution < -0.4 is 0 Å². The molecule has 1 aliphatic heterocycles. The van der Waals surface area contributed by atoms with Crippen LogP contribution in [0.1, 0.15) is 33.6 Å². The van der Waals surface area contributed by atoms with E-state index in [4.69, 9.17) is 10.00 Å². The lowest BCUT2D eigenvalue weighted by Crippen LogP contribution is -2.42. The second kappa shape index (κ2) is 7.40. The van der Waals surface area contributed by atoms with E-state index in [9.17, 15) is 4.79 Å². The first-order valence-electron chi connectivity index (χ1n) is 7.69. The number of benzene rings is 1. The van der Waals surface area contributed by atoms with Gasteiger partial charge in [0.1, 0.15) is 0 Å². The van der Waals surface area contributed by atoms with Crippen LogP contribution in [-0.2, 0) is 11.3 Å². The molecule has 2 aromatic rings. The molecular weight excluding hydrogens is 308 g/mol. The highest BCUT2D eigenvalue weighted by molar-refractivity contribution is 7.09. The topological polar surface area (TPSA) is 53.3 Å². The standard InChI is InChI=1S/C18H18N2O2S/c19-12-14-3-1-4-15(11-14)18(21)20(13-17-5-2-10-23-17)16-6-8-22-9-7-16/h1-5,10-11,16H,6-9,13H2. The molecule has 0 unspecified atom stereocenters. The van der Waals surface area contributed by atoms with E-state index in [1.54, 1.807) is 35.6 Å². The fourth-order valence-electron chi connectivity index (χ4n) is 2.82. The summed E-state index contributed by atoms with van der Waals surface area (Å²) in [6, 6.07) is 13.3. The summed E-state index contributed by atoms with van der Waals surface area (Å²) in [5.41, 5.74) is 1.09. The van der Waals surface area contributed by atoms with Crippen LogP contribution in [0.5, 0.6) is 0 Å². The van der Waals surface area contributed by atoms with Crippen molar-refractivity contribution in [3.05, 3.63) is 57.8 Å². The Balaban J connectivity index is 1.86. The molecule has 1 aliphatic rings. The third kappa shape index (κ3) is 3.79. The van der Waals surface area contributed by atoms with Crippen molar-refractivity contribution in [3.8, 4) is 6.07 Å². The summed E-state index contributed by atoms with van der Waals surface area (Å²) in [7, 11) is 0. The Morgan fingerprint density at radius 1 is 1.30 bits per heavy atom. The molecule has 4 nitrogen and oxygen atoms in total. The molecule has 2 heterocycles. The molecule has 1 fully saturated rings. The van der Waals surface area contributed by atoms with Crippen molar-refractivity contribution in [2.45, 2.75) is 25.4 Å². The van der Waals surface area contributed by atoms with Gasteiger partial charge in [-0.3, -0.25) is 4.79 Å². The highest BCUT2D eigenvalue weighted by Gasteiger charge is 2.27. The van der Waals surface area contributed by atoms with Gasteiger partial charge in [-0.2, -0.15) is 5.26 Å². The first kappa shape index (κ1) is 15.7. The number of nitrogens with zero attached hydrogens (tertiary/aromatic N) is 2. The minimum atomic E-state index is -0.0117. The number of nitriles is 1. The van der Waals surface area contributed by atoms with Crippen LogP contribution in [0.15, 0.2) is 41.8 Å². The van der Waals surface area contributed by atoms with Crippen LogP contribution in [0, 0.1) is 11.3 Å². The molecule has 0 spiro atoms. The van der Waals surface area contributed by atoms with Crippen LogP contribution in [0.25, 0.3) is 0 Å². The lowest BCUT2D eigenvalue weighted by atomic mass is 10.0. The molecule has 0 bridgehead atoms. The van der Waals surface area contributed by atoms with E-state index < -0.39 is 0 Å². The smallest absolute Gasteiger partial charge is 0.254 e. The minimum Gasteiger partial charge on any atom is -0.381 e. The van der Waals surface area contributed by atoms with Crippen molar-refractivity contribution >= 4 is 17.2 Å². The predicted molar refractivity (Wildman–Crippen MR) is 89.2 cm³/mol. The molecule has 0 N–H and O–H groups in total. The molecule has 1 amide bonds. The highest BCUT2D eigenvalue weighted by Crippen LogP contribution is 2.22. The van der Waals surface area contributed by atoms with Gasteiger partial charge in [-0.15, -0.1) is 11.3 Å². The lowest BCUT2D eigenvalue weighted by molar-refractivity contribution is 0.0270. The maximum atomic E-state index is 13.0. The van der Waals surface area contributed by atoms with E-state index in [2.05, 4.69) is 12.1 Å². The highest BCUT2D eigenvalue weighted by atomic mass is 32.1. The molecule has 1 aromatic heterocycles. The quantitative estimate of drug-likeness (QED) is 0.865. The van der Waals surface area contributed by atoms with Crippen molar-refractivity contribution in [2.24, 2.45) is 0 Å². The molecular formula is C18H18N2O2S. The molecule has 0 radical (unpaired) electrons. The van der Waals surface area contributed by atoms with E-state index in [0.29, 0.717) is 30.9 Å². The van der Waals surface area contributed by atoms with Crippen molar-refractivity contribution in [1.82, 2.24) is 4.90 Å². The molecule has 3 rings (SSSR count). The zero-order valence-corrected chi connectivity index (χ0v) is 13.6. The number of rotatable bonds is 4. The van der Waals surface area contributed by atoms with Gasteiger partial charge in [0.25, 0.3) is 5.91 Å². The van der Waals surface area contributed by atoms with Gasteiger partial charge in [-0.05, 0) is 42.5 Å². The van der Waals surface area contributed by atoms with Crippen molar-refractivity contribution in [2.75, 3.05) is 13.2 Å². The summed E-state index contributed by atoms with van der Waals surface area (Å²) in [5.74, 6) is -0.0117.